The smallest absolute Gasteiger partial charge is 0.304 e. The van der Waals surface area contributed by atoms with Gasteiger partial charge in [-0.15, -0.1) is 0 Å². The highest BCUT2D eigenvalue weighted by atomic mass is 16.4. The summed E-state index contributed by atoms with van der Waals surface area (Å²) in [7, 11) is 4.17. The molecule has 1 fully saturated rings. The Hall–Kier alpha value is -0.650. The fraction of sp³-hybridized carbons (Fsp3) is 0.909. The maximum Gasteiger partial charge on any atom is 0.304 e. The van der Waals surface area contributed by atoms with Gasteiger partial charge in [0.15, 0.2) is 0 Å². The molecule has 1 aliphatic heterocycles. The van der Waals surface area contributed by atoms with Gasteiger partial charge in [0.25, 0.3) is 0 Å². The molecule has 0 spiro atoms. The van der Waals surface area contributed by atoms with E-state index in [4.69, 9.17) is 5.11 Å². The average Bonchev–Trinajstić information content (AvgIpc) is 2.25. The van der Waals surface area contributed by atoms with E-state index in [9.17, 15) is 4.79 Å². The number of rotatable bonds is 6. The summed E-state index contributed by atoms with van der Waals surface area (Å²) >= 11 is 0. The lowest BCUT2D eigenvalue weighted by molar-refractivity contribution is -0.137. The number of nitrogens with zero attached hydrogens (tertiary/aromatic N) is 3. The van der Waals surface area contributed by atoms with Gasteiger partial charge in [-0.05, 0) is 14.1 Å². The molecule has 1 N–H and O–H groups in total. The van der Waals surface area contributed by atoms with Crippen molar-refractivity contribution in [3.63, 3.8) is 0 Å². The molecule has 0 aliphatic carbocycles. The van der Waals surface area contributed by atoms with E-state index in [2.05, 4.69) is 28.8 Å². The van der Waals surface area contributed by atoms with Crippen molar-refractivity contribution in [2.75, 3.05) is 59.9 Å². The Balaban J connectivity index is 2.11. The minimum Gasteiger partial charge on any atom is -0.481 e. The highest BCUT2D eigenvalue weighted by Crippen LogP contribution is 2.02. The topological polar surface area (TPSA) is 47.0 Å². The second-order valence-corrected chi connectivity index (χ2v) is 4.63. The molecule has 1 aliphatic rings. The number of likely N-dealkylation sites (N-methyl/N-ethyl adjacent to an activating group) is 1. The van der Waals surface area contributed by atoms with Gasteiger partial charge in [0.05, 0.1) is 6.42 Å². The molecule has 16 heavy (non-hydrogen) atoms. The van der Waals surface area contributed by atoms with E-state index in [0.29, 0.717) is 6.54 Å². The maximum absolute atomic E-state index is 10.4. The van der Waals surface area contributed by atoms with Crippen molar-refractivity contribution in [2.24, 2.45) is 0 Å². The quantitative estimate of drug-likeness (QED) is 0.674. The molecule has 5 nitrogen and oxygen atoms in total. The van der Waals surface area contributed by atoms with Gasteiger partial charge in [0.2, 0.25) is 0 Å². The summed E-state index contributed by atoms with van der Waals surface area (Å²) in [5, 5.41) is 8.60. The Labute approximate surface area is 97.6 Å². The summed E-state index contributed by atoms with van der Waals surface area (Å²) in [6.07, 6.45) is 0.262. The van der Waals surface area contributed by atoms with Gasteiger partial charge in [-0.1, -0.05) is 0 Å². The van der Waals surface area contributed by atoms with Crippen LogP contribution < -0.4 is 0 Å². The van der Waals surface area contributed by atoms with Crippen LogP contribution in [0.25, 0.3) is 0 Å². The summed E-state index contributed by atoms with van der Waals surface area (Å²) in [6, 6.07) is 0. The summed E-state index contributed by atoms with van der Waals surface area (Å²) in [5.74, 6) is -0.699. The van der Waals surface area contributed by atoms with Crippen molar-refractivity contribution in [2.45, 2.75) is 6.42 Å². The monoisotopic (exact) mass is 229 g/mol. The van der Waals surface area contributed by atoms with Crippen LogP contribution in [0.5, 0.6) is 0 Å². The van der Waals surface area contributed by atoms with Crippen molar-refractivity contribution in [3.05, 3.63) is 0 Å². The highest BCUT2D eigenvalue weighted by Gasteiger charge is 2.16. The third kappa shape index (κ3) is 5.44. The third-order valence-corrected chi connectivity index (χ3v) is 2.97. The molecular weight excluding hydrogens is 206 g/mol. The second-order valence-electron chi connectivity index (χ2n) is 4.63. The molecule has 94 valence electrons. The average molecular weight is 229 g/mol. The van der Waals surface area contributed by atoms with Crippen LogP contribution in [-0.4, -0.2) is 85.7 Å². The third-order valence-electron chi connectivity index (χ3n) is 2.97. The lowest BCUT2D eigenvalue weighted by atomic mass is 10.3. The number of hydrogen-bond acceptors (Lipinski definition) is 4. The van der Waals surface area contributed by atoms with Crippen molar-refractivity contribution in [1.29, 1.82) is 0 Å². The van der Waals surface area contributed by atoms with Crippen molar-refractivity contribution < 1.29 is 9.90 Å². The molecule has 0 radical (unpaired) electrons. The fourth-order valence-electron chi connectivity index (χ4n) is 1.83. The Morgan fingerprint density at radius 3 is 2.06 bits per heavy atom. The zero-order valence-electron chi connectivity index (χ0n) is 10.4. The zero-order chi connectivity index (χ0) is 12.0. The molecule has 0 aromatic rings. The molecule has 1 rings (SSSR count). The van der Waals surface area contributed by atoms with Crippen LogP contribution in [0.4, 0.5) is 0 Å². The first-order valence-electron chi connectivity index (χ1n) is 5.89. The first-order chi connectivity index (χ1) is 7.58. The molecule has 1 heterocycles. The predicted molar refractivity (Wildman–Crippen MR) is 63.7 cm³/mol. The zero-order valence-corrected chi connectivity index (χ0v) is 10.4. The van der Waals surface area contributed by atoms with Crippen LogP contribution in [0.15, 0.2) is 0 Å². The first kappa shape index (κ1) is 13.4. The van der Waals surface area contributed by atoms with Gasteiger partial charge in [0.1, 0.15) is 0 Å². The summed E-state index contributed by atoms with van der Waals surface area (Å²) in [5.41, 5.74) is 0. The van der Waals surface area contributed by atoms with E-state index in [1.807, 2.05) is 0 Å². The largest absolute Gasteiger partial charge is 0.481 e. The van der Waals surface area contributed by atoms with E-state index in [1.54, 1.807) is 0 Å². The van der Waals surface area contributed by atoms with Gasteiger partial charge in [0, 0.05) is 45.8 Å². The number of carboxylic acids is 1. The highest BCUT2D eigenvalue weighted by molar-refractivity contribution is 5.66. The summed E-state index contributed by atoms with van der Waals surface area (Å²) in [4.78, 5) is 17.3. The molecule has 1 saturated heterocycles. The second kappa shape index (κ2) is 6.83. The molecule has 5 heteroatoms. The van der Waals surface area contributed by atoms with Gasteiger partial charge >= 0.3 is 5.97 Å². The molecule has 0 aromatic carbocycles. The maximum atomic E-state index is 10.4. The van der Waals surface area contributed by atoms with Crippen LogP contribution in [0.2, 0.25) is 0 Å². The SMILES string of the molecule is CN(C)CCN1CCN(CCC(=O)O)CC1. The lowest BCUT2D eigenvalue weighted by Crippen LogP contribution is -2.48. The minimum atomic E-state index is -0.699. The summed E-state index contributed by atoms with van der Waals surface area (Å²) in [6.45, 7) is 7.02. The molecule has 0 amide bonds. The van der Waals surface area contributed by atoms with Crippen molar-refractivity contribution in [3.8, 4) is 0 Å². The molecule has 0 saturated carbocycles. The van der Waals surface area contributed by atoms with Gasteiger partial charge < -0.3 is 14.9 Å². The lowest BCUT2D eigenvalue weighted by Gasteiger charge is -2.34. The fourth-order valence-corrected chi connectivity index (χ4v) is 1.83. The van der Waals surface area contributed by atoms with Gasteiger partial charge in [-0.3, -0.25) is 9.69 Å². The number of carbonyl (C=O) groups is 1. The molecular formula is C11H23N3O2. The van der Waals surface area contributed by atoms with E-state index in [0.717, 1.165) is 39.3 Å². The van der Waals surface area contributed by atoms with E-state index < -0.39 is 5.97 Å². The van der Waals surface area contributed by atoms with E-state index in [1.165, 1.54) is 0 Å². The van der Waals surface area contributed by atoms with Crippen molar-refractivity contribution in [1.82, 2.24) is 14.7 Å². The Morgan fingerprint density at radius 2 is 1.62 bits per heavy atom. The van der Waals surface area contributed by atoms with Crippen LogP contribution in [0, 0.1) is 0 Å². The molecule has 0 atom stereocenters. The van der Waals surface area contributed by atoms with Gasteiger partial charge in [-0.2, -0.15) is 0 Å². The Bertz CT molecular complexity index is 213. The van der Waals surface area contributed by atoms with Crippen LogP contribution in [0.1, 0.15) is 6.42 Å². The number of hydrogen-bond donors (Lipinski definition) is 1. The first-order valence-corrected chi connectivity index (χ1v) is 5.89. The normalized spacial score (nSPS) is 19.2. The number of aliphatic carboxylic acids is 1. The Morgan fingerprint density at radius 1 is 1.12 bits per heavy atom. The molecule has 0 unspecified atom stereocenters. The van der Waals surface area contributed by atoms with Crippen LogP contribution in [0.3, 0.4) is 0 Å². The minimum absolute atomic E-state index is 0.262. The summed E-state index contributed by atoms with van der Waals surface area (Å²) < 4.78 is 0. The van der Waals surface area contributed by atoms with Crippen LogP contribution >= 0.6 is 0 Å². The van der Waals surface area contributed by atoms with Crippen molar-refractivity contribution >= 4 is 5.97 Å². The standard InChI is InChI=1S/C11H23N3O2/c1-12(2)5-6-14-9-7-13(8-10-14)4-3-11(15)16/h3-10H2,1-2H3,(H,15,16). The Kier molecular flexibility index (Phi) is 5.73. The van der Waals surface area contributed by atoms with E-state index in [-0.39, 0.29) is 6.42 Å². The van der Waals surface area contributed by atoms with E-state index >= 15 is 0 Å². The predicted octanol–water partition coefficient (Wildman–Crippen LogP) is -0.360. The molecule has 0 aromatic heterocycles. The number of carboxylic acid groups (broad SMARTS) is 1. The molecule has 0 bridgehead atoms. The van der Waals surface area contributed by atoms with Gasteiger partial charge in [-0.25, -0.2) is 0 Å². The number of piperazine rings is 1. The van der Waals surface area contributed by atoms with Crippen LogP contribution in [-0.2, 0) is 4.79 Å².